The molecule has 180 valence electrons. The lowest BCUT2D eigenvalue weighted by atomic mass is 9.74. The lowest BCUT2D eigenvalue weighted by Crippen LogP contribution is -2.41. The maximum absolute atomic E-state index is 13.8. The molecule has 1 saturated carbocycles. The standard InChI is InChI=1S/C26H36N2O5/c1-6-27(7-2)12-13-28-23(17-9-11-20(31-4)21(15-17)32-5)22-24(29)18-14-16(3)8-10-19(18)33-25(22)26(28)30/h9,11,15-16,18-19,23H,6-8,10,12-14H2,1-5H3. The summed E-state index contributed by atoms with van der Waals surface area (Å²) in [6.45, 7) is 9.49. The van der Waals surface area contributed by atoms with Crippen LogP contribution in [-0.4, -0.2) is 68.0 Å². The molecular weight excluding hydrogens is 420 g/mol. The number of Topliss-reactive ketones (excluding diaryl/α,β-unsaturated/α-hetero) is 1. The molecule has 0 bridgehead atoms. The highest BCUT2D eigenvalue weighted by Gasteiger charge is 2.52. The van der Waals surface area contributed by atoms with Crippen molar-refractivity contribution < 1.29 is 23.8 Å². The van der Waals surface area contributed by atoms with Gasteiger partial charge in [-0.3, -0.25) is 9.59 Å². The van der Waals surface area contributed by atoms with Crippen LogP contribution in [0.5, 0.6) is 11.5 Å². The number of fused-ring (bicyclic) bond motifs is 1. The Hall–Kier alpha value is -2.54. The Labute approximate surface area is 196 Å². The summed E-state index contributed by atoms with van der Waals surface area (Å²) >= 11 is 0. The molecule has 1 aliphatic carbocycles. The number of ether oxygens (including phenoxy) is 3. The zero-order valence-corrected chi connectivity index (χ0v) is 20.4. The third kappa shape index (κ3) is 4.23. The first kappa shape index (κ1) is 23.6. The smallest absolute Gasteiger partial charge is 0.290 e. The molecule has 2 aliphatic heterocycles. The number of carbonyl (C=O) groups is 2. The average Bonchev–Trinajstić information content (AvgIpc) is 3.11. The summed E-state index contributed by atoms with van der Waals surface area (Å²) in [5.41, 5.74) is 1.35. The van der Waals surface area contributed by atoms with Crippen molar-refractivity contribution in [3.8, 4) is 11.5 Å². The van der Waals surface area contributed by atoms with Crippen LogP contribution in [0.4, 0.5) is 0 Å². The van der Waals surface area contributed by atoms with E-state index in [0.717, 1.165) is 44.5 Å². The highest BCUT2D eigenvalue weighted by molar-refractivity contribution is 6.11. The van der Waals surface area contributed by atoms with Gasteiger partial charge in [-0.05, 0) is 56.0 Å². The van der Waals surface area contributed by atoms with Gasteiger partial charge < -0.3 is 24.0 Å². The summed E-state index contributed by atoms with van der Waals surface area (Å²) in [5.74, 6) is 1.65. The van der Waals surface area contributed by atoms with Crippen molar-refractivity contribution in [3.63, 3.8) is 0 Å². The molecule has 1 aromatic carbocycles. The van der Waals surface area contributed by atoms with E-state index >= 15 is 0 Å². The Morgan fingerprint density at radius 2 is 1.82 bits per heavy atom. The number of rotatable bonds is 8. The van der Waals surface area contributed by atoms with Gasteiger partial charge >= 0.3 is 0 Å². The third-order valence-electron chi connectivity index (χ3n) is 7.48. The molecule has 7 heteroatoms. The maximum atomic E-state index is 13.8. The van der Waals surface area contributed by atoms with Gasteiger partial charge in [0.2, 0.25) is 0 Å². The van der Waals surface area contributed by atoms with E-state index in [1.54, 1.807) is 14.2 Å². The Bertz CT molecular complexity index is 939. The van der Waals surface area contributed by atoms with Crippen LogP contribution in [-0.2, 0) is 14.3 Å². The first-order valence-corrected chi connectivity index (χ1v) is 12.1. The molecule has 0 N–H and O–H groups in total. The molecule has 0 saturated heterocycles. The van der Waals surface area contributed by atoms with Crippen molar-refractivity contribution in [1.29, 1.82) is 0 Å². The van der Waals surface area contributed by atoms with E-state index in [1.807, 2.05) is 23.1 Å². The highest BCUT2D eigenvalue weighted by atomic mass is 16.5. The Morgan fingerprint density at radius 3 is 2.48 bits per heavy atom. The van der Waals surface area contributed by atoms with E-state index < -0.39 is 6.04 Å². The van der Waals surface area contributed by atoms with Crippen LogP contribution < -0.4 is 9.47 Å². The minimum Gasteiger partial charge on any atom is -0.493 e. The van der Waals surface area contributed by atoms with Gasteiger partial charge in [0.25, 0.3) is 5.91 Å². The fourth-order valence-electron chi connectivity index (χ4n) is 5.51. The molecule has 3 aliphatic rings. The summed E-state index contributed by atoms with van der Waals surface area (Å²) in [7, 11) is 3.18. The minimum absolute atomic E-state index is 0.0753. The van der Waals surface area contributed by atoms with Gasteiger partial charge in [-0.2, -0.15) is 0 Å². The predicted octanol–water partition coefficient (Wildman–Crippen LogP) is 3.59. The number of hydrogen-bond acceptors (Lipinski definition) is 6. The fourth-order valence-corrected chi connectivity index (χ4v) is 5.51. The van der Waals surface area contributed by atoms with Crippen LogP contribution in [0.15, 0.2) is 29.5 Å². The normalized spacial score (nSPS) is 26.9. The van der Waals surface area contributed by atoms with Crippen molar-refractivity contribution in [2.45, 2.75) is 52.2 Å². The van der Waals surface area contributed by atoms with Crippen LogP contribution in [0.3, 0.4) is 0 Å². The van der Waals surface area contributed by atoms with Crippen molar-refractivity contribution in [2.75, 3.05) is 40.4 Å². The van der Waals surface area contributed by atoms with E-state index in [2.05, 4.69) is 25.7 Å². The molecule has 2 heterocycles. The monoisotopic (exact) mass is 456 g/mol. The van der Waals surface area contributed by atoms with Gasteiger partial charge in [0.05, 0.1) is 31.8 Å². The number of ketones is 1. The van der Waals surface area contributed by atoms with Gasteiger partial charge in [-0.1, -0.05) is 26.8 Å². The third-order valence-corrected chi connectivity index (χ3v) is 7.48. The number of benzene rings is 1. The number of hydrogen-bond donors (Lipinski definition) is 0. The van der Waals surface area contributed by atoms with Crippen molar-refractivity contribution in [1.82, 2.24) is 9.80 Å². The van der Waals surface area contributed by atoms with Gasteiger partial charge in [0.1, 0.15) is 6.10 Å². The van der Waals surface area contributed by atoms with Crippen molar-refractivity contribution in [3.05, 3.63) is 35.1 Å². The summed E-state index contributed by atoms with van der Waals surface area (Å²) in [6, 6.07) is 5.15. The number of amides is 1. The Balaban J connectivity index is 1.75. The van der Waals surface area contributed by atoms with E-state index in [0.29, 0.717) is 29.5 Å². The lowest BCUT2D eigenvalue weighted by Gasteiger charge is -2.37. The molecule has 4 unspecified atom stereocenters. The minimum atomic E-state index is -0.478. The van der Waals surface area contributed by atoms with E-state index in [9.17, 15) is 9.59 Å². The van der Waals surface area contributed by atoms with Crippen LogP contribution in [0.2, 0.25) is 0 Å². The Kier molecular flexibility index (Phi) is 6.98. The van der Waals surface area contributed by atoms with E-state index in [1.165, 1.54) is 0 Å². The van der Waals surface area contributed by atoms with Gasteiger partial charge in [-0.25, -0.2) is 0 Å². The van der Waals surface area contributed by atoms with Gasteiger partial charge in [0, 0.05) is 13.1 Å². The largest absolute Gasteiger partial charge is 0.493 e. The molecule has 1 aromatic rings. The summed E-state index contributed by atoms with van der Waals surface area (Å²) < 4.78 is 17.2. The number of methoxy groups -OCH3 is 2. The van der Waals surface area contributed by atoms with Gasteiger partial charge in [-0.15, -0.1) is 0 Å². The van der Waals surface area contributed by atoms with Crippen molar-refractivity contribution >= 4 is 11.7 Å². The molecule has 7 nitrogen and oxygen atoms in total. The second kappa shape index (κ2) is 9.75. The van der Waals surface area contributed by atoms with Crippen molar-refractivity contribution in [2.24, 2.45) is 11.8 Å². The average molecular weight is 457 g/mol. The molecule has 1 fully saturated rings. The topological polar surface area (TPSA) is 68.3 Å². The zero-order chi connectivity index (χ0) is 23.7. The fraction of sp³-hybridized carbons (Fsp3) is 0.615. The molecule has 33 heavy (non-hydrogen) atoms. The molecule has 0 radical (unpaired) electrons. The first-order chi connectivity index (χ1) is 15.9. The number of carbonyl (C=O) groups excluding carboxylic acids is 2. The van der Waals surface area contributed by atoms with Crippen LogP contribution in [0.1, 0.15) is 51.6 Å². The van der Waals surface area contributed by atoms with Crippen LogP contribution >= 0.6 is 0 Å². The maximum Gasteiger partial charge on any atom is 0.290 e. The second-order valence-corrected chi connectivity index (χ2v) is 9.33. The summed E-state index contributed by atoms with van der Waals surface area (Å²) in [5, 5.41) is 0. The molecule has 4 rings (SSSR count). The second-order valence-electron chi connectivity index (χ2n) is 9.33. The zero-order valence-electron chi connectivity index (χ0n) is 20.4. The van der Waals surface area contributed by atoms with Crippen LogP contribution in [0, 0.1) is 11.8 Å². The van der Waals surface area contributed by atoms with E-state index in [-0.39, 0.29) is 29.5 Å². The lowest BCUT2D eigenvalue weighted by molar-refractivity contribution is -0.136. The molecule has 0 aromatic heterocycles. The SMILES string of the molecule is CCN(CC)CCN1C(=O)C2=C(C(=O)C3CC(C)CCC3O2)C1c1ccc(OC)c(OC)c1. The van der Waals surface area contributed by atoms with Gasteiger partial charge in [0.15, 0.2) is 23.0 Å². The highest BCUT2D eigenvalue weighted by Crippen LogP contribution is 2.48. The summed E-state index contributed by atoms with van der Waals surface area (Å²) in [6.07, 6.45) is 2.47. The molecule has 0 spiro atoms. The number of likely N-dealkylation sites (N-methyl/N-ethyl adjacent to an activating group) is 1. The molecule has 1 amide bonds. The Morgan fingerprint density at radius 1 is 1.09 bits per heavy atom. The van der Waals surface area contributed by atoms with Crippen LogP contribution in [0.25, 0.3) is 0 Å². The van der Waals surface area contributed by atoms with E-state index in [4.69, 9.17) is 14.2 Å². The number of nitrogens with zero attached hydrogens (tertiary/aromatic N) is 2. The first-order valence-electron chi connectivity index (χ1n) is 12.1. The summed E-state index contributed by atoms with van der Waals surface area (Å²) in [4.78, 5) is 31.5. The predicted molar refractivity (Wildman–Crippen MR) is 125 cm³/mol. The molecular formula is C26H36N2O5. The molecule has 4 atom stereocenters. The quantitative estimate of drug-likeness (QED) is 0.596.